The second-order valence-electron chi connectivity index (χ2n) is 8.65. The summed E-state index contributed by atoms with van der Waals surface area (Å²) in [6.07, 6.45) is 1.20. The Kier molecular flexibility index (Phi) is 6.51. The van der Waals surface area contributed by atoms with E-state index in [0.29, 0.717) is 32.6 Å². The van der Waals surface area contributed by atoms with Crippen molar-refractivity contribution >= 4 is 6.09 Å². The van der Waals surface area contributed by atoms with Crippen molar-refractivity contribution in [1.82, 2.24) is 9.80 Å². The molecule has 1 unspecified atom stereocenters. The first-order valence-electron chi connectivity index (χ1n) is 9.44. The zero-order chi connectivity index (χ0) is 19.6. The van der Waals surface area contributed by atoms with Gasteiger partial charge in [0.05, 0.1) is 6.10 Å². The molecule has 0 aromatic carbocycles. The second-order valence-corrected chi connectivity index (χ2v) is 8.65. The maximum absolute atomic E-state index is 14.0. The highest BCUT2D eigenvalue weighted by atomic mass is 19.1. The van der Waals surface area contributed by atoms with Gasteiger partial charge in [0.15, 0.2) is 0 Å². The van der Waals surface area contributed by atoms with Gasteiger partial charge in [-0.15, -0.1) is 0 Å². The van der Waals surface area contributed by atoms with E-state index in [1.807, 2.05) is 34.6 Å². The molecule has 26 heavy (non-hydrogen) atoms. The zero-order valence-electron chi connectivity index (χ0n) is 16.9. The van der Waals surface area contributed by atoms with Crippen LogP contribution in [0.15, 0.2) is 23.0 Å². The number of carbonyl (C=O) groups is 1. The molecule has 3 atom stereocenters. The number of nitrogens with zero attached hydrogens (tertiary/aromatic N) is 2. The molecule has 0 aromatic rings. The van der Waals surface area contributed by atoms with Gasteiger partial charge in [-0.25, -0.2) is 9.18 Å². The number of carbonyl (C=O) groups excluding carboxylic acids is 1. The highest BCUT2D eigenvalue weighted by molar-refractivity contribution is 5.68. The topological polar surface area (TPSA) is 53.0 Å². The fourth-order valence-electron chi connectivity index (χ4n) is 3.46. The number of hydrogen-bond acceptors (Lipinski definition) is 4. The number of aliphatic hydroxyl groups excluding tert-OH is 1. The molecule has 0 spiro atoms. The van der Waals surface area contributed by atoms with Crippen molar-refractivity contribution in [3.63, 3.8) is 0 Å². The summed E-state index contributed by atoms with van der Waals surface area (Å²) in [5.41, 5.74) is 0.993. The van der Waals surface area contributed by atoms with Crippen LogP contribution in [-0.2, 0) is 4.74 Å². The lowest BCUT2D eigenvalue weighted by atomic mass is 9.86. The Morgan fingerprint density at radius 2 is 2.04 bits per heavy atom. The maximum atomic E-state index is 14.0. The maximum Gasteiger partial charge on any atom is 0.410 e. The Labute approximate surface area is 156 Å². The summed E-state index contributed by atoms with van der Waals surface area (Å²) >= 11 is 0. The van der Waals surface area contributed by atoms with E-state index in [1.165, 1.54) is 6.08 Å². The normalized spacial score (nSPS) is 26.6. The van der Waals surface area contributed by atoms with Crippen LogP contribution in [0.1, 0.15) is 48.0 Å². The van der Waals surface area contributed by atoms with Crippen LogP contribution in [0.4, 0.5) is 9.18 Å². The number of rotatable bonds is 3. The molecule has 0 aromatic heterocycles. The molecule has 148 valence electrons. The molecule has 0 saturated carbocycles. The van der Waals surface area contributed by atoms with Crippen molar-refractivity contribution in [2.24, 2.45) is 5.92 Å². The average molecular weight is 368 g/mol. The number of halogens is 1. The fourth-order valence-corrected chi connectivity index (χ4v) is 3.46. The Bertz CT molecular complexity index is 594. The lowest BCUT2D eigenvalue weighted by molar-refractivity contribution is -0.00260. The average Bonchev–Trinajstić information content (AvgIpc) is 2.50. The van der Waals surface area contributed by atoms with E-state index in [1.54, 1.807) is 11.8 Å². The fraction of sp³-hybridized carbons (Fsp3) is 0.750. The van der Waals surface area contributed by atoms with Crippen LogP contribution in [0.25, 0.3) is 0 Å². The van der Waals surface area contributed by atoms with Crippen LogP contribution < -0.4 is 0 Å². The van der Waals surface area contributed by atoms with Gasteiger partial charge in [-0.2, -0.15) is 0 Å². The smallest absolute Gasteiger partial charge is 0.410 e. The molecule has 6 heteroatoms. The van der Waals surface area contributed by atoms with Crippen molar-refractivity contribution in [2.75, 3.05) is 26.2 Å². The molecule has 0 radical (unpaired) electrons. The third kappa shape index (κ3) is 5.30. The van der Waals surface area contributed by atoms with E-state index in [4.69, 9.17) is 4.74 Å². The predicted octanol–water partition coefficient (Wildman–Crippen LogP) is 3.50. The third-order valence-corrected chi connectivity index (χ3v) is 5.17. The minimum Gasteiger partial charge on any atom is -0.444 e. The van der Waals surface area contributed by atoms with Gasteiger partial charge >= 0.3 is 6.09 Å². The van der Waals surface area contributed by atoms with Crippen molar-refractivity contribution in [2.45, 2.75) is 65.7 Å². The van der Waals surface area contributed by atoms with Gasteiger partial charge in [0.1, 0.15) is 11.4 Å². The van der Waals surface area contributed by atoms with Crippen LogP contribution in [0, 0.1) is 5.92 Å². The summed E-state index contributed by atoms with van der Waals surface area (Å²) in [5.74, 6) is -0.103. The van der Waals surface area contributed by atoms with E-state index >= 15 is 0 Å². The van der Waals surface area contributed by atoms with Gasteiger partial charge in [0.25, 0.3) is 0 Å². The Hall–Kier alpha value is -1.40. The highest BCUT2D eigenvalue weighted by Gasteiger charge is 2.32. The summed E-state index contributed by atoms with van der Waals surface area (Å²) in [7, 11) is 0. The summed E-state index contributed by atoms with van der Waals surface area (Å²) in [5, 5.41) is 10.6. The summed E-state index contributed by atoms with van der Waals surface area (Å²) in [6, 6.07) is 0.00364. The number of aliphatic hydroxyl groups is 1. The van der Waals surface area contributed by atoms with E-state index in [0.717, 1.165) is 11.1 Å². The molecule has 1 amide bonds. The lowest BCUT2D eigenvalue weighted by Crippen LogP contribution is -2.56. The van der Waals surface area contributed by atoms with Crippen LogP contribution in [0.5, 0.6) is 0 Å². The number of piperazine rings is 1. The molecule has 5 nitrogen and oxygen atoms in total. The van der Waals surface area contributed by atoms with Crippen LogP contribution in [-0.4, -0.2) is 64.9 Å². The molecule has 0 bridgehead atoms. The first-order chi connectivity index (χ1) is 12.0. The standard InChI is InChI=1S/C20H33FN2O3/c1-13-9-16(10-17(21)15(13)3)18(24)12-22-7-8-23(14(2)11-22)19(25)26-20(4,5)6/h10,13-14,18,24H,7-9,11-12H2,1-6H3/t13?,14-,18-/m1/s1. The second kappa shape index (κ2) is 8.09. The van der Waals surface area contributed by atoms with Crippen molar-refractivity contribution in [3.05, 3.63) is 23.0 Å². The van der Waals surface area contributed by atoms with E-state index in [-0.39, 0.29) is 23.9 Å². The van der Waals surface area contributed by atoms with Crippen LogP contribution in [0.2, 0.25) is 0 Å². The van der Waals surface area contributed by atoms with Crippen molar-refractivity contribution < 1.29 is 19.0 Å². The molecule has 1 fully saturated rings. The number of hydrogen-bond donors (Lipinski definition) is 1. The highest BCUT2D eigenvalue weighted by Crippen LogP contribution is 2.31. The first kappa shape index (κ1) is 20.9. The molecular weight excluding hydrogens is 335 g/mol. The Balaban J connectivity index is 1.91. The molecule has 2 rings (SSSR count). The Morgan fingerprint density at radius 3 is 2.58 bits per heavy atom. The largest absolute Gasteiger partial charge is 0.444 e. The van der Waals surface area contributed by atoms with E-state index in [2.05, 4.69) is 4.90 Å². The van der Waals surface area contributed by atoms with Gasteiger partial charge in [0.2, 0.25) is 0 Å². The first-order valence-corrected chi connectivity index (χ1v) is 9.44. The lowest BCUT2D eigenvalue weighted by Gasteiger charge is -2.41. The quantitative estimate of drug-likeness (QED) is 0.828. The number of amides is 1. The molecule has 1 N–H and O–H groups in total. The zero-order valence-corrected chi connectivity index (χ0v) is 16.9. The number of ether oxygens (including phenoxy) is 1. The van der Waals surface area contributed by atoms with Crippen molar-refractivity contribution in [1.29, 1.82) is 0 Å². The molecule has 1 aliphatic carbocycles. The monoisotopic (exact) mass is 368 g/mol. The van der Waals surface area contributed by atoms with Gasteiger partial charge in [-0.05, 0) is 64.2 Å². The predicted molar refractivity (Wildman–Crippen MR) is 101 cm³/mol. The van der Waals surface area contributed by atoms with Crippen molar-refractivity contribution in [3.8, 4) is 0 Å². The minimum absolute atomic E-state index is 0.00364. The molecule has 1 aliphatic heterocycles. The van der Waals surface area contributed by atoms with Crippen LogP contribution in [0.3, 0.4) is 0 Å². The summed E-state index contributed by atoms with van der Waals surface area (Å²) in [6.45, 7) is 13.7. The van der Waals surface area contributed by atoms with E-state index in [9.17, 15) is 14.3 Å². The molecule has 1 saturated heterocycles. The van der Waals surface area contributed by atoms with Gasteiger partial charge in [-0.3, -0.25) is 4.90 Å². The molecule has 2 aliphatic rings. The van der Waals surface area contributed by atoms with Gasteiger partial charge in [-0.1, -0.05) is 6.92 Å². The molecule has 1 heterocycles. The Morgan fingerprint density at radius 1 is 1.38 bits per heavy atom. The summed E-state index contributed by atoms with van der Waals surface area (Å²) < 4.78 is 19.4. The third-order valence-electron chi connectivity index (χ3n) is 5.17. The van der Waals surface area contributed by atoms with Gasteiger partial charge < -0.3 is 14.7 Å². The summed E-state index contributed by atoms with van der Waals surface area (Å²) in [4.78, 5) is 16.2. The SMILES string of the molecule is CC1=C(F)C=C([C@H](O)CN2CCN(C(=O)OC(C)(C)C)[C@H](C)C2)CC1C. The van der Waals surface area contributed by atoms with Gasteiger partial charge in [0, 0.05) is 32.2 Å². The number of β-amino-alcohol motifs (C(OH)–C–C–N with tert-alkyl or cyclic N) is 1. The molecular formula is C20H33FN2O3. The number of allylic oxidation sites excluding steroid dienone is 3. The van der Waals surface area contributed by atoms with E-state index < -0.39 is 11.7 Å². The van der Waals surface area contributed by atoms with Crippen LogP contribution >= 0.6 is 0 Å². The minimum atomic E-state index is -0.684.